The molecule has 3 aliphatic rings. The molecular weight excluding hydrogens is 228 g/mol. The molecule has 2 aliphatic heterocycles. The lowest BCUT2D eigenvalue weighted by atomic mass is 9.74. The van der Waals surface area contributed by atoms with E-state index in [2.05, 4.69) is 20.8 Å². The minimum Gasteiger partial charge on any atom is -0.390 e. The van der Waals surface area contributed by atoms with Gasteiger partial charge in [0.05, 0.1) is 11.7 Å². The van der Waals surface area contributed by atoms with E-state index in [1.165, 1.54) is 5.57 Å². The zero-order chi connectivity index (χ0) is 13.3. The molecule has 2 saturated heterocycles. The SMILES string of the molecule is CC1=C2[C@@H](CC1)[C@]1(C)O[C@@](C(C)C)(C[C@@H]1O)[C@H]2O. The molecule has 3 nitrogen and oxygen atoms in total. The second kappa shape index (κ2) is 3.59. The van der Waals surface area contributed by atoms with Crippen LogP contribution in [0.5, 0.6) is 0 Å². The summed E-state index contributed by atoms with van der Waals surface area (Å²) in [5, 5.41) is 21.3. The normalized spacial score (nSPS) is 51.2. The topological polar surface area (TPSA) is 49.7 Å². The van der Waals surface area contributed by atoms with E-state index in [1.54, 1.807) is 0 Å². The predicted octanol–water partition coefficient (Wildman–Crippen LogP) is 2.02. The molecule has 2 bridgehead atoms. The predicted molar refractivity (Wildman–Crippen MR) is 69.1 cm³/mol. The maximum absolute atomic E-state index is 10.8. The van der Waals surface area contributed by atoms with Crippen molar-refractivity contribution in [1.82, 2.24) is 0 Å². The van der Waals surface area contributed by atoms with Crippen LogP contribution in [-0.2, 0) is 4.74 Å². The first-order chi connectivity index (χ1) is 8.33. The second-order valence-corrected chi connectivity index (χ2v) is 6.84. The molecule has 0 radical (unpaired) electrons. The average Bonchev–Trinajstić information content (AvgIpc) is 2.77. The number of aliphatic hydroxyl groups excluding tert-OH is 2. The Morgan fingerprint density at radius 1 is 1.33 bits per heavy atom. The van der Waals surface area contributed by atoms with Crippen molar-refractivity contribution >= 4 is 0 Å². The molecule has 18 heavy (non-hydrogen) atoms. The van der Waals surface area contributed by atoms with Crippen molar-refractivity contribution in [3.8, 4) is 0 Å². The highest BCUT2D eigenvalue weighted by atomic mass is 16.6. The van der Waals surface area contributed by atoms with E-state index in [-0.39, 0.29) is 11.8 Å². The molecule has 2 heterocycles. The zero-order valence-corrected chi connectivity index (χ0v) is 11.7. The van der Waals surface area contributed by atoms with E-state index in [4.69, 9.17) is 4.74 Å². The maximum Gasteiger partial charge on any atom is 0.105 e. The molecule has 0 spiro atoms. The first kappa shape index (κ1) is 12.6. The van der Waals surface area contributed by atoms with Crippen LogP contribution in [0.2, 0.25) is 0 Å². The quantitative estimate of drug-likeness (QED) is 0.702. The standard InChI is InChI=1S/C15H24O3/c1-8(2)15-7-11(16)14(4,18-15)10-6-5-9(3)12(10)13(15)17/h8,10-11,13,16-17H,5-7H2,1-4H3/t10-,11+,13+,14+,15-/m1/s1. The molecular formula is C15H24O3. The number of hydrogen-bond acceptors (Lipinski definition) is 3. The van der Waals surface area contributed by atoms with E-state index >= 15 is 0 Å². The van der Waals surface area contributed by atoms with Crippen LogP contribution in [0.15, 0.2) is 11.1 Å². The largest absolute Gasteiger partial charge is 0.390 e. The average molecular weight is 252 g/mol. The van der Waals surface area contributed by atoms with Gasteiger partial charge in [-0.15, -0.1) is 0 Å². The van der Waals surface area contributed by atoms with Gasteiger partial charge >= 0.3 is 0 Å². The fourth-order valence-corrected chi connectivity index (χ4v) is 4.40. The molecule has 1 aliphatic carbocycles. The molecule has 0 amide bonds. The lowest BCUT2D eigenvalue weighted by molar-refractivity contribution is -0.211. The Kier molecular flexibility index (Phi) is 2.52. The van der Waals surface area contributed by atoms with Crippen molar-refractivity contribution in [2.24, 2.45) is 11.8 Å². The van der Waals surface area contributed by atoms with Gasteiger partial charge < -0.3 is 14.9 Å². The van der Waals surface area contributed by atoms with Crippen LogP contribution in [0.1, 0.15) is 47.0 Å². The maximum atomic E-state index is 10.8. The van der Waals surface area contributed by atoms with Crippen molar-refractivity contribution in [3.05, 3.63) is 11.1 Å². The van der Waals surface area contributed by atoms with Crippen LogP contribution in [0.3, 0.4) is 0 Å². The number of fused-ring (bicyclic) bond motifs is 4. The summed E-state index contributed by atoms with van der Waals surface area (Å²) in [5.41, 5.74) is 1.37. The van der Waals surface area contributed by atoms with Gasteiger partial charge in [0, 0.05) is 12.3 Å². The van der Waals surface area contributed by atoms with Crippen molar-refractivity contribution < 1.29 is 14.9 Å². The van der Waals surface area contributed by atoms with Crippen LogP contribution in [-0.4, -0.2) is 33.6 Å². The summed E-state index contributed by atoms with van der Waals surface area (Å²) in [6.45, 7) is 8.30. The summed E-state index contributed by atoms with van der Waals surface area (Å²) in [5.74, 6) is 0.391. The van der Waals surface area contributed by atoms with Crippen molar-refractivity contribution in [2.45, 2.75) is 70.4 Å². The van der Waals surface area contributed by atoms with Gasteiger partial charge in [-0.2, -0.15) is 0 Å². The highest BCUT2D eigenvalue weighted by molar-refractivity contribution is 5.37. The van der Waals surface area contributed by atoms with Crippen molar-refractivity contribution in [1.29, 1.82) is 0 Å². The van der Waals surface area contributed by atoms with E-state index in [1.807, 2.05) is 6.92 Å². The van der Waals surface area contributed by atoms with E-state index in [9.17, 15) is 10.2 Å². The molecule has 3 heteroatoms. The van der Waals surface area contributed by atoms with Gasteiger partial charge in [0.15, 0.2) is 0 Å². The fourth-order valence-electron chi connectivity index (χ4n) is 4.40. The van der Waals surface area contributed by atoms with E-state index < -0.39 is 23.4 Å². The van der Waals surface area contributed by atoms with Crippen LogP contribution >= 0.6 is 0 Å². The first-order valence-electron chi connectivity index (χ1n) is 7.09. The molecule has 2 N–H and O–H groups in total. The summed E-state index contributed by atoms with van der Waals surface area (Å²) >= 11 is 0. The van der Waals surface area contributed by atoms with Gasteiger partial charge in [0.2, 0.25) is 0 Å². The summed E-state index contributed by atoms with van der Waals surface area (Å²) < 4.78 is 6.29. The molecule has 0 unspecified atom stereocenters. The molecule has 0 aromatic carbocycles. The van der Waals surface area contributed by atoms with Crippen LogP contribution in [0, 0.1) is 11.8 Å². The summed E-state index contributed by atoms with van der Waals surface area (Å²) in [6.07, 6.45) is 1.56. The van der Waals surface area contributed by atoms with Gasteiger partial charge in [-0.3, -0.25) is 0 Å². The summed E-state index contributed by atoms with van der Waals surface area (Å²) in [4.78, 5) is 0. The molecule has 0 aromatic heterocycles. The van der Waals surface area contributed by atoms with E-state index in [0.29, 0.717) is 6.42 Å². The van der Waals surface area contributed by atoms with Crippen LogP contribution < -0.4 is 0 Å². The molecule has 102 valence electrons. The minimum atomic E-state index is -0.592. The highest BCUT2D eigenvalue weighted by Crippen LogP contribution is 2.59. The molecule has 0 saturated carbocycles. The summed E-state index contributed by atoms with van der Waals surface area (Å²) in [7, 11) is 0. The third kappa shape index (κ3) is 1.25. The number of rotatable bonds is 1. The van der Waals surface area contributed by atoms with E-state index in [0.717, 1.165) is 18.4 Å². The Balaban J connectivity index is 2.15. The lowest BCUT2D eigenvalue weighted by Crippen LogP contribution is -2.57. The zero-order valence-electron chi connectivity index (χ0n) is 11.7. The molecule has 5 atom stereocenters. The van der Waals surface area contributed by atoms with Gasteiger partial charge in [-0.25, -0.2) is 0 Å². The Bertz CT molecular complexity index is 414. The lowest BCUT2D eigenvalue weighted by Gasteiger charge is -2.49. The van der Waals surface area contributed by atoms with Crippen molar-refractivity contribution in [2.75, 3.05) is 0 Å². The van der Waals surface area contributed by atoms with Crippen molar-refractivity contribution in [3.63, 3.8) is 0 Å². The Labute approximate surface area is 109 Å². The Morgan fingerprint density at radius 3 is 2.61 bits per heavy atom. The highest BCUT2D eigenvalue weighted by Gasteiger charge is 2.67. The smallest absolute Gasteiger partial charge is 0.105 e. The Hall–Kier alpha value is -0.380. The van der Waals surface area contributed by atoms with Gasteiger partial charge in [0.25, 0.3) is 0 Å². The van der Waals surface area contributed by atoms with Gasteiger partial charge in [-0.1, -0.05) is 19.4 Å². The third-order valence-corrected chi connectivity index (χ3v) is 5.69. The minimum absolute atomic E-state index is 0.192. The van der Waals surface area contributed by atoms with Crippen LogP contribution in [0.25, 0.3) is 0 Å². The third-order valence-electron chi connectivity index (χ3n) is 5.69. The number of allylic oxidation sites excluding steroid dienone is 1. The van der Waals surface area contributed by atoms with Gasteiger partial charge in [-0.05, 0) is 38.2 Å². The first-order valence-corrected chi connectivity index (χ1v) is 7.09. The fraction of sp³-hybridized carbons (Fsp3) is 0.867. The molecule has 0 aromatic rings. The second-order valence-electron chi connectivity index (χ2n) is 6.84. The number of aliphatic hydroxyl groups is 2. The van der Waals surface area contributed by atoms with Crippen LogP contribution in [0.4, 0.5) is 0 Å². The monoisotopic (exact) mass is 252 g/mol. The number of hydrogen-bond donors (Lipinski definition) is 2. The summed E-state index contributed by atoms with van der Waals surface area (Å²) in [6, 6.07) is 0. The molecule has 2 fully saturated rings. The van der Waals surface area contributed by atoms with Gasteiger partial charge in [0.1, 0.15) is 11.7 Å². The molecule has 3 rings (SSSR count). The Morgan fingerprint density at radius 2 is 2.00 bits per heavy atom. The number of ether oxygens (including phenoxy) is 1.